The maximum atomic E-state index is 6.17. The average molecular weight is 280 g/mol. The van der Waals surface area contributed by atoms with Gasteiger partial charge >= 0.3 is 0 Å². The van der Waals surface area contributed by atoms with Gasteiger partial charge in [0.15, 0.2) is 0 Å². The minimum Gasteiger partial charge on any atom is -0.320 e. The summed E-state index contributed by atoms with van der Waals surface area (Å²) in [5.74, 6) is 0. The molecule has 0 amide bonds. The van der Waals surface area contributed by atoms with E-state index < -0.39 is 0 Å². The maximum Gasteiger partial charge on any atom is 0.0582 e. The molecule has 2 rings (SSSR count). The lowest BCUT2D eigenvalue weighted by atomic mass is 10.0. The molecule has 0 bridgehead atoms. The highest BCUT2D eigenvalue weighted by atomic mass is 79.9. The van der Waals surface area contributed by atoms with Crippen molar-refractivity contribution >= 4 is 15.9 Å². The van der Waals surface area contributed by atoms with Crippen LogP contribution in [-0.2, 0) is 6.54 Å². The first-order chi connectivity index (χ1) is 7.70. The van der Waals surface area contributed by atoms with E-state index in [1.54, 1.807) is 0 Å². The summed E-state index contributed by atoms with van der Waals surface area (Å²) in [6.07, 6.45) is 3.82. The molecule has 0 saturated heterocycles. The van der Waals surface area contributed by atoms with Gasteiger partial charge in [-0.1, -0.05) is 28.1 Å². The van der Waals surface area contributed by atoms with E-state index >= 15 is 0 Å². The van der Waals surface area contributed by atoms with Gasteiger partial charge in [0.25, 0.3) is 0 Å². The molecule has 3 nitrogen and oxygen atoms in total. The minimum atomic E-state index is -0.103. The van der Waals surface area contributed by atoms with Gasteiger partial charge in [0.2, 0.25) is 0 Å². The number of aryl methyl sites for hydroxylation is 1. The monoisotopic (exact) mass is 279 g/mol. The molecule has 1 unspecified atom stereocenters. The van der Waals surface area contributed by atoms with Crippen molar-refractivity contribution in [2.24, 2.45) is 5.73 Å². The first kappa shape index (κ1) is 11.4. The summed E-state index contributed by atoms with van der Waals surface area (Å²) in [6.45, 7) is 2.93. The van der Waals surface area contributed by atoms with Gasteiger partial charge < -0.3 is 5.73 Å². The van der Waals surface area contributed by atoms with Crippen LogP contribution in [0.3, 0.4) is 0 Å². The van der Waals surface area contributed by atoms with Gasteiger partial charge in [0.05, 0.1) is 12.2 Å². The summed E-state index contributed by atoms with van der Waals surface area (Å²) in [6, 6.07) is 7.95. The second-order valence-electron chi connectivity index (χ2n) is 3.66. The van der Waals surface area contributed by atoms with E-state index in [0.717, 1.165) is 22.1 Å². The lowest BCUT2D eigenvalue weighted by Gasteiger charge is -2.09. The Labute approximate surface area is 103 Å². The summed E-state index contributed by atoms with van der Waals surface area (Å²) in [4.78, 5) is 0. The Morgan fingerprint density at radius 3 is 2.56 bits per heavy atom. The molecule has 0 aliphatic heterocycles. The van der Waals surface area contributed by atoms with Crippen LogP contribution in [0.1, 0.15) is 24.1 Å². The predicted octanol–water partition coefficient (Wildman–Crippen LogP) is 2.71. The number of aromatic nitrogens is 2. The van der Waals surface area contributed by atoms with Crippen molar-refractivity contribution in [1.29, 1.82) is 0 Å². The Morgan fingerprint density at radius 2 is 2.00 bits per heavy atom. The molecule has 1 aromatic heterocycles. The summed E-state index contributed by atoms with van der Waals surface area (Å²) < 4.78 is 2.95. The van der Waals surface area contributed by atoms with Crippen molar-refractivity contribution < 1.29 is 0 Å². The van der Waals surface area contributed by atoms with E-state index in [1.807, 2.05) is 41.3 Å². The second-order valence-corrected chi connectivity index (χ2v) is 4.57. The molecule has 0 aliphatic carbocycles. The van der Waals surface area contributed by atoms with Crippen molar-refractivity contribution in [3.8, 4) is 0 Å². The molecule has 1 heterocycles. The van der Waals surface area contributed by atoms with E-state index in [0.29, 0.717) is 0 Å². The van der Waals surface area contributed by atoms with Crippen LogP contribution in [0.4, 0.5) is 0 Å². The number of rotatable bonds is 3. The summed E-state index contributed by atoms with van der Waals surface area (Å²) in [7, 11) is 0. The molecule has 0 aliphatic rings. The molecule has 4 heteroatoms. The van der Waals surface area contributed by atoms with E-state index in [-0.39, 0.29) is 6.04 Å². The SMILES string of the molecule is CCn1cc(C(N)c2ccc(Br)cc2)cn1. The number of hydrogen-bond donors (Lipinski definition) is 1. The molecule has 2 aromatic rings. The molecule has 0 fully saturated rings. The molecular formula is C12H14BrN3. The number of nitrogens with two attached hydrogens (primary N) is 1. The molecule has 0 saturated carbocycles. The zero-order valence-corrected chi connectivity index (χ0v) is 10.7. The van der Waals surface area contributed by atoms with Crippen molar-refractivity contribution in [2.45, 2.75) is 19.5 Å². The molecule has 0 spiro atoms. The number of halogens is 1. The Kier molecular flexibility index (Phi) is 3.41. The highest BCUT2D eigenvalue weighted by Gasteiger charge is 2.10. The first-order valence-electron chi connectivity index (χ1n) is 5.24. The van der Waals surface area contributed by atoms with Crippen LogP contribution in [0, 0.1) is 0 Å². The number of nitrogens with zero attached hydrogens (tertiary/aromatic N) is 2. The highest BCUT2D eigenvalue weighted by Crippen LogP contribution is 2.20. The third-order valence-electron chi connectivity index (χ3n) is 2.57. The second kappa shape index (κ2) is 4.80. The van der Waals surface area contributed by atoms with Crippen LogP contribution in [-0.4, -0.2) is 9.78 Å². The topological polar surface area (TPSA) is 43.8 Å². The third-order valence-corrected chi connectivity index (χ3v) is 3.09. The Hall–Kier alpha value is -1.13. The summed E-state index contributed by atoms with van der Waals surface area (Å²) in [5.41, 5.74) is 8.31. The molecular weight excluding hydrogens is 266 g/mol. The standard InChI is InChI=1S/C12H14BrN3/c1-2-16-8-10(7-15-16)12(14)9-3-5-11(13)6-4-9/h3-8,12H,2,14H2,1H3. The molecule has 2 N–H and O–H groups in total. The summed E-state index contributed by atoms with van der Waals surface area (Å²) in [5, 5.41) is 4.23. The maximum absolute atomic E-state index is 6.17. The predicted molar refractivity (Wildman–Crippen MR) is 68.1 cm³/mol. The van der Waals surface area contributed by atoms with Crippen LogP contribution in [0.25, 0.3) is 0 Å². The lowest BCUT2D eigenvalue weighted by molar-refractivity contribution is 0.658. The largest absolute Gasteiger partial charge is 0.320 e. The average Bonchev–Trinajstić information content (AvgIpc) is 2.77. The highest BCUT2D eigenvalue weighted by molar-refractivity contribution is 9.10. The molecule has 84 valence electrons. The number of benzene rings is 1. The minimum absolute atomic E-state index is 0.103. The number of hydrogen-bond acceptors (Lipinski definition) is 2. The molecule has 1 atom stereocenters. The zero-order valence-electron chi connectivity index (χ0n) is 9.10. The van der Waals surface area contributed by atoms with E-state index in [9.17, 15) is 0 Å². The van der Waals surface area contributed by atoms with Gasteiger partial charge in [-0.3, -0.25) is 4.68 Å². The van der Waals surface area contributed by atoms with Crippen LogP contribution < -0.4 is 5.73 Å². The Balaban J connectivity index is 2.24. The van der Waals surface area contributed by atoms with Crippen LogP contribution >= 0.6 is 15.9 Å². The van der Waals surface area contributed by atoms with Gasteiger partial charge in [-0.2, -0.15) is 5.10 Å². The van der Waals surface area contributed by atoms with Crippen molar-refractivity contribution in [3.63, 3.8) is 0 Å². The van der Waals surface area contributed by atoms with E-state index in [4.69, 9.17) is 5.73 Å². The van der Waals surface area contributed by atoms with E-state index in [2.05, 4.69) is 28.0 Å². The Bertz CT molecular complexity index is 461. The first-order valence-corrected chi connectivity index (χ1v) is 6.03. The van der Waals surface area contributed by atoms with Crippen molar-refractivity contribution in [2.75, 3.05) is 0 Å². The van der Waals surface area contributed by atoms with Gasteiger partial charge in [-0.15, -0.1) is 0 Å². The van der Waals surface area contributed by atoms with Crippen LogP contribution in [0.2, 0.25) is 0 Å². The van der Waals surface area contributed by atoms with Crippen molar-refractivity contribution in [1.82, 2.24) is 9.78 Å². The van der Waals surface area contributed by atoms with E-state index in [1.165, 1.54) is 0 Å². The third kappa shape index (κ3) is 2.33. The Morgan fingerprint density at radius 1 is 1.31 bits per heavy atom. The fourth-order valence-electron chi connectivity index (χ4n) is 1.58. The quantitative estimate of drug-likeness (QED) is 0.939. The normalized spacial score (nSPS) is 12.7. The van der Waals surface area contributed by atoms with Gasteiger partial charge in [0.1, 0.15) is 0 Å². The smallest absolute Gasteiger partial charge is 0.0582 e. The fraction of sp³-hybridized carbons (Fsp3) is 0.250. The van der Waals surface area contributed by atoms with Gasteiger partial charge in [0, 0.05) is 22.8 Å². The van der Waals surface area contributed by atoms with Gasteiger partial charge in [-0.05, 0) is 24.6 Å². The lowest BCUT2D eigenvalue weighted by Crippen LogP contribution is -2.10. The molecule has 0 radical (unpaired) electrons. The van der Waals surface area contributed by atoms with Crippen molar-refractivity contribution in [3.05, 3.63) is 52.3 Å². The van der Waals surface area contributed by atoms with Crippen LogP contribution in [0.5, 0.6) is 0 Å². The molecule has 16 heavy (non-hydrogen) atoms. The van der Waals surface area contributed by atoms with Gasteiger partial charge in [-0.25, -0.2) is 0 Å². The fourth-order valence-corrected chi connectivity index (χ4v) is 1.84. The van der Waals surface area contributed by atoms with Crippen LogP contribution in [0.15, 0.2) is 41.1 Å². The summed E-state index contributed by atoms with van der Waals surface area (Å²) >= 11 is 3.41. The zero-order chi connectivity index (χ0) is 11.5. The molecule has 1 aromatic carbocycles.